The highest BCUT2D eigenvalue weighted by Gasteiger charge is 2.41. The van der Waals surface area contributed by atoms with Crippen LogP contribution in [0.2, 0.25) is 0 Å². The maximum absolute atomic E-state index is 10.00. The molecule has 0 amide bonds. The zero-order valence-corrected chi connectivity index (χ0v) is 31.3. The lowest BCUT2D eigenvalue weighted by atomic mass is 10.1. The molecule has 0 radical (unpaired) electrons. The molecule has 268 valence electrons. The quantitative estimate of drug-likeness (QED) is 0.113. The molecular formula is C54H38N2Si. The normalized spacial score (nSPS) is 15.3. The zero-order valence-electron chi connectivity index (χ0n) is 44.3. The third kappa shape index (κ3) is 5.24. The summed E-state index contributed by atoms with van der Waals surface area (Å²) in [5.41, 5.74) is 1.69. The molecule has 0 spiro atoms. The van der Waals surface area contributed by atoms with Gasteiger partial charge in [-0.25, -0.2) is 0 Å². The smallest absolute Gasteiger partial charge is 0.179 e. The first kappa shape index (κ1) is 21.8. The second-order valence-electron chi connectivity index (χ2n) is 13.8. The zero-order chi connectivity index (χ0) is 49.9. The van der Waals surface area contributed by atoms with E-state index in [-0.39, 0.29) is 49.3 Å². The van der Waals surface area contributed by atoms with Crippen molar-refractivity contribution in [3.05, 3.63) is 230 Å². The van der Waals surface area contributed by atoms with E-state index < -0.39 is 92.7 Å². The van der Waals surface area contributed by atoms with Crippen LogP contribution in [0.1, 0.15) is 19.2 Å². The number of hydrogen-bond acceptors (Lipinski definition) is 0. The summed E-state index contributed by atoms with van der Waals surface area (Å²) in [5, 5.41) is 3.80. The second-order valence-corrected chi connectivity index (χ2v) is 17.6. The van der Waals surface area contributed by atoms with E-state index in [1.54, 1.807) is 0 Å². The van der Waals surface area contributed by atoms with Crippen LogP contribution in [-0.4, -0.2) is 17.2 Å². The van der Waals surface area contributed by atoms with Gasteiger partial charge in [-0.3, -0.25) is 0 Å². The van der Waals surface area contributed by atoms with Crippen molar-refractivity contribution >= 4 is 72.4 Å². The Labute approximate surface area is 352 Å². The van der Waals surface area contributed by atoms with Crippen molar-refractivity contribution in [2.45, 2.75) is 0 Å². The molecular weight excluding hydrogens is 705 g/mol. The van der Waals surface area contributed by atoms with Crippen LogP contribution in [0.4, 0.5) is 0 Å². The number of hydrogen-bond donors (Lipinski definition) is 0. The molecule has 57 heavy (non-hydrogen) atoms. The largest absolute Gasteiger partial charge is 0.309 e. The molecule has 0 saturated heterocycles. The van der Waals surface area contributed by atoms with Crippen LogP contribution >= 0.6 is 0 Å². The maximum atomic E-state index is 10.00. The Morgan fingerprint density at radius 3 is 1.49 bits per heavy atom. The number of fused-ring (bicyclic) bond motifs is 6. The predicted octanol–water partition coefficient (Wildman–Crippen LogP) is 10.9. The van der Waals surface area contributed by atoms with Crippen molar-refractivity contribution in [1.82, 2.24) is 9.13 Å². The van der Waals surface area contributed by atoms with Gasteiger partial charge in [-0.2, -0.15) is 0 Å². The van der Waals surface area contributed by atoms with E-state index >= 15 is 0 Å². The number of benzene rings is 9. The number of aromatic nitrogens is 2. The summed E-state index contributed by atoms with van der Waals surface area (Å²) in [4.78, 5) is 0. The third-order valence-corrected chi connectivity index (χ3v) is 15.6. The van der Waals surface area contributed by atoms with Gasteiger partial charge >= 0.3 is 0 Å². The predicted molar refractivity (Wildman–Crippen MR) is 244 cm³/mol. The van der Waals surface area contributed by atoms with E-state index in [9.17, 15) is 6.85 Å². The summed E-state index contributed by atoms with van der Waals surface area (Å²) in [7, 11) is -3.18. The van der Waals surface area contributed by atoms with E-state index in [0.717, 1.165) is 36.4 Å². The molecule has 2 nitrogen and oxygen atoms in total. The van der Waals surface area contributed by atoms with Gasteiger partial charge in [0.15, 0.2) is 8.07 Å². The summed E-state index contributed by atoms with van der Waals surface area (Å²) in [6.07, 6.45) is 0. The van der Waals surface area contributed by atoms with E-state index in [2.05, 4.69) is 60.7 Å². The van der Waals surface area contributed by atoms with E-state index in [4.69, 9.17) is 12.3 Å². The Balaban J connectivity index is 1.23. The van der Waals surface area contributed by atoms with Crippen LogP contribution < -0.4 is 20.7 Å². The molecule has 2 heterocycles. The molecule has 0 fully saturated rings. The maximum Gasteiger partial charge on any atom is 0.179 e. The fourth-order valence-corrected chi connectivity index (χ4v) is 13.2. The van der Waals surface area contributed by atoms with Crippen LogP contribution in [0.25, 0.3) is 66.1 Å². The Bertz CT molecular complexity index is 3990. The van der Waals surface area contributed by atoms with Crippen molar-refractivity contribution in [1.29, 1.82) is 0 Å². The first-order valence-electron chi connectivity index (χ1n) is 25.5. The van der Waals surface area contributed by atoms with Crippen LogP contribution in [0.3, 0.4) is 0 Å². The molecule has 0 atom stereocenters. The third-order valence-electron chi connectivity index (χ3n) is 10.8. The minimum Gasteiger partial charge on any atom is -0.309 e. The summed E-state index contributed by atoms with van der Waals surface area (Å²) in [6, 6.07) is 40.8. The van der Waals surface area contributed by atoms with Gasteiger partial charge in [0.05, 0.1) is 41.3 Å². The van der Waals surface area contributed by atoms with E-state index in [0.29, 0.717) is 5.69 Å². The monoisotopic (exact) mass is 756 g/mol. The van der Waals surface area contributed by atoms with E-state index in [1.165, 1.54) is 10.6 Å². The lowest BCUT2D eigenvalue weighted by Gasteiger charge is -2.35. The molecule has 0 aliphatic carbocycles. The van der Waals surface area contributed by atoms with Gasteiger partial charge in [-0.1, -0.05) is 182 Å². The van der Waals surface area contributed by atoms with Crippen molar-refractivity contribution in [3.63, 3.8) is 0 Å². The summed E-state index contributed by atoms with van der Waals surface area (Å²) in [6.45, 7) is 0. The lowest BCUT2D eigenvalue weighted by molar-refractivity contribution is 1.17. The number of para-hydroxylation sites is 3. The van der Waals surface area contributed by atoms with Gasteiger partial charge in [-0.15, -0.1) is 0 Å². The molecule has 2 aromatic heterocycles. The lowest BCUT2D eigenvalue weighted by Crippen LogP contribution is -2.74. The average Bonchev–Trinajstić information content (AvgIpc) is 3.93. The first-order valence-corrected chi connectivity index (χ1v) is 20.5. The minimum absolute atomic E-state index is 0.0487. The second kappa shape index (κ2) is 13.5. The molecule has 0 aliphatic heterocycles. The molecule has 0 N–H and O–H groups in total. The SMILES string of the molecule is [2H]c1cc2c(c([2H])c1[2H])c1c([2H])c([2H])c([2H])c([2H])c1n2-c1c([2H])c([2H])c2c(c1[2H])c1c([2H])c([2H])c([2H])c([2H])c1n2-c1ccc([Si](c2ccccc2)(c2ccccc2)c2cccc(-c3ccccc3)c2)cc1. The van der Waals surface area contributed by atoms with Gasteiger partial charge in [0, 0.05) is 32.9 Å². The highest BCUT2D eigenvalue weighted by atomic mass is 28.3. The minimum atomic E-state index is -3.18. The molecule has 0 saturated carbocycles. The summed E-state index contributed by atoms with van der Waals surface area (Å²) >= 11 is 0. The fourth-order valence-electron chi connectivity index (χ4n) is 8.39. The molecule has 0 bridgehead atoms. The summed E-state index contributed by atoms with van der Waals surface area (Å²) < 4.78 is 130. The Morgan fingerprint density at radius 2 is 0.825 bits per heavy atom. The molecule has 11 rings (SSSR count). The van der Waals surface area contributed by atoms with Crippen molar-refractivity contribution in [2.24, 2.45) is 0 Å². The molecule has 9 aromatic carbocycles. The topological polar surface area (TPSA) is 9.86 Å². The van der Waals surface area contributed by atoms with Gasteiger partial charge in [-0.05, 0) is 80.3 Å². The summed E-state index contributed by atoms with van der Waals surface area (Å²) in [5.74, 6) is 0. The van der Waals surface area contributed by atoms with Crippen LogP contribution in [-0.2, 0) is 0 Å². The van der Waals surface area contributed by atoms with Gasteiger partial charge < -0.3 is 9.13 Å². The van der Waals surface area contributed by atoms with Gasteiger partial charge in [0.1, 0.15) is 0 Å². The van der Waals surface area contributed by atoms with E-state index in [1.807, 2.05) is 78.9 Å². The first-order chi connectivity index (χ1) is 34.1. The standard InChI is InChI=1S/C54H38N2Si/c1-4-17-39(18-5-1)40-19-16-24-46(37-40)57(43-20-6-2-7-21-43,44-22-8-3-9-23-44)45-34-31-41(32-35-45)55-53-30-15-12-27-49(53)50-38-42(33-36-54(50)55)56-51-28-13-10-25-47(51)48-26-11-14-29-52(48)56/h1-38H/i10D,11D,12D,13D,14D,15D,25D,26D,27D,28D,30D,33D,36D,38D. The number of nitrogens with zero attached hydrogens (tertiary/aromatic N) is 2. The average molecular weight is 757 g/mol. The molecule has 0 unspecified atom stereocenters. The van der Waals surface area contributed by atoms with Crippen molar-refractivity contribution < 1.29 is 19.2 Å². The van der Waals surface area contributed by atoms with Crippen LogP contribution in [0.15, 0.2) is 230 Å². The van der Waals surface area contributed by atoms with Gasteiger partial charge in [0.2, 0.25) is 0 Å². The Kier molecular flexibility index (Phi) is 5.17. The van der Waals surface area contributed by atoms with Crippen LogP contribution in [0, 0.1) is 0 Å². The Hall–Kier alpha value is -7.20. The molecule has 0 aliphatic rings. The molecule has 11 aromatic rings. The van der Waals surface area contributed by atoms with Crippen molar-refractivity contribution in [2.75, 3.05) is 0 Å². The highest BCUT2D eigenvalue weighted by Crippen LogP contribution is 2.36. The van der Waals surface area contributed by atoms with Crippen molar-refractivity contribution in [3.8, 4) is 22.5 Å². The Morgan fingerprint density at radius 1 is 0.333 bits per heavy atom. The molecule has 3 heteroatoms. The van der Waals surface area contributed by atoms with Gasteiger partial charge in [0.25, 0.3) is 0 Å². The highest BCUT2D eigenvalue weighted by molar-refractivity contribution is 7.19. The fraction of sp³-hybridized carbons (Fsp3) is 0. The number of rotatable bonds is 7. The van der Waals surface area contributed by atoms with Crippen LogP contribution in [0.5, 0.6) is 0 Å².